The third-order valence-corrected chi connectivity index (χ3v) is 3.54. The van der Waals surface area contributed by atoms with Crippen LogP contribution >= 0.6 is 11.8 Å². The van der Waals surface area contributed by atoms with E-state index >= 15 is 0 Å². The minimum absolute atomic E-state index is 0.119. The van der Waals surface area contributed by atoms with E-state index in [4.69, 9.17) is 0 Å². The van der Waals surface area contributed by atoms with Gasteiger partial charge in [0.1, 0.15) is 5.82 Å². The van der Waals surface area contributed by atoms with Crippen molar-refractivity contribution < 1.29 is 13.2 Å². The summed E-state index contributed by atoms with van der Waals surface area (Å²) in [6.45, 7) is 1.86. The Morgan fingerprint density at radius 2 is 2.00 bits per heavy atom. The molecule has 3 nitrogen and oxygen atoms in total. The van der Waals surface area contributed by atoms with Crippen molar-refractivity contribution in [3.05, 3.63) is 42.5 Å². The predicted molar refractivity (Wildman–Crippen MR) is 73.6 cm³/mol. The lowest BCUT2D eigenvalue weighted by Gasteiger charge is -2.18. The number of aryl methyl sites for hydroxylation is 1. The van der Waals surface area contributed by atoms with Gasteiger partial charge in [0.05, 0.1) is 6.04 Å². The Labute approximate surface area is 119 Å². The third kappa shape index (κ3) is 3.69. The van der Waals surface area contributed by atoms with Gasteiger partial charge in [-0.05, 0) is 30.8 Å². The van der Waals surface area contributed by atoms with Crippen molar-refractivity contribution >= 4 is 17.4 Å². The number of alkyl halides is 3. The number of nitrogens with zero attached hydrogens (tertiary/aromatic N) is 2. The van der Waals surface area contributed by atoms with Crippen molar-refractivity contribution in [3.63, 3.8) is 0 Å². The van der Waals surface area contributed by atoms with Crippen LogP contribution in [0, 0.1) is 0 Å². The van der Waals surface area contributed by atoms with E-state index in [2.05, 4.69) is 10.3 Å². The number of benzene rings is 1. The van der Waals surface area contributed by atoms with Crippen LogP contribution in [0.3, 0.4) is 0 Å². The van der Waals surface area contributed by atoms with Gasteiger partial charge in [0, 0.05) is 30.0 Å². The van der Waals surface area contributed by atoms with Gasteiger partial charge in [0.25, 0.3) is 0 Å². The number of para-hydroxylation sites is 1. The van der Waals surface area contributed by atoms with Gasteiger partial charge in [-0.25, -0.2) is 4.98 Å². The van der Waals surface area contributed by atoms with Crippen molar-refractivity contribution in [2.75, 3.05) is 5.32 Å². The monoisotopic (exact) mass is 301 g/mol. The van der Waals surface area contributed by atoms with Crippen molar-refractivity contribution in [1.29, 1.82) is 0 Å². The Hall–Kier alpha value is -1.63. The minimum atomic E-state index is -4.30. The van der Waals surface area contributed by atoms with Gasteiger partial charge in [0.2, 0.25) is 0 Å². The highest BCUT2D eigenvalue weighted by Crippen LogP contribution is 2.40. The van der Waals surface area contributed by atoms with Crippen LogP contribution in [-0.2, 0) is 7.05 Å². The lowest BCUT2D eigenvalue weighted by molar-refractivity contribution is -0.0327. The highest BCUT2D eigenvalue weighted by molar-refractivity contribution is 8.00. The summed E-state index contributed by atoms with van der Waals surface area (Å²) in [6.07, 6.45) is 3.45. The number of hydrogen-bond acceptors (Lipinski definition) is 3. The molecule has 108 valence electrons. The Kier molecular flexibility index (Phi) is 4.27. The average Bonchev–Trinajstić information content (AvgIpc) is 2.76. The fraction of sp³-hybridized carbons (Fsp3) is 0.308. The molecule has 1 aromatic carbocycles. The smallest absolute Gasteiger partial charge is 0.374 e. The lowest BCUT2D eigenvalue weighted by atomic mass is 10.2. The van der Waals surface area contributed by atoms with Gasteiger partial charge in [-0.1, -0.05) is 12.1 Å². The van der Waals surface area contributed by atoms with Gasteiger partial charge >= 0.3 is 5.51 Å². The van der Waals surface area contributed by atoms with E-state index in [-0.39, 0.29) is 22.7 Å². The number of hydrogen-bond donors (Lipinski definition) is 1. The van der Waals surface area contributed by atoms with Gasteiger partial charge in [0.15, 0.2) is 0 Å². The molecule has 1 heterocycles. The SMILES string of the molecule is CC(Nc1ccccc1SC(F)(F)F)c1nccn1C. The average molecular weight is 301 g/mol. The molecule has 7 heteroatoms. The first-order chi connectivity index (χ1) is 9.37. The van der Waals surface area contributed by atoms with Crippen LogP contribution in [0.5, 0.6) is 0 Å². The molecule has 0 amide bonds. The van der Waals surface area contributed by atoms with Crippen LogP contribution in [0.15, 0.2) is 41.6 Å². The van der Waals surface area contributed by atoms with E-state index in [0.717, 1.165) is 5.82 Å². The van der Waals surface area contributed by atoms with Crippen LogP contribution in [0.25, 0.3) is 0 Å². The Balaban J connectivity index is 2.19. The Morgan fingerprint density at radius 3 is 2.60 bits per heavy atom. The van der Waals surface area contributed by atoms with E-state index in [1.165, 1.54) is 6.07 Å². The maximum absolute atomic E-state index is 12.5. The molecule has 0 fully saturated rings. The zero-order chi connectivity index (χ0) is 14.8. The number of halogens is 3. The molecule has 2 rings (SSSR count). The second kappa shape index (κ2) is 5.78. The maximum atomic E-state index is 12.5. The highest BCUT2D eigenvalue weighted by atomic mass is 32.2. The molecule has 0 bridgehead atoms. The summed E-state index contributed by atoms with van der Waals surface area (Å²) in [5.74, 6) is 0.761. The van der Waals surface area contributed by atoms with Gasteiger partial charge in [-0.3, -0.25) is 0 Å². The molecule has 1 atom stereocenters. The van der Waals surface area contributed by atoms with Crippen LogP contribution in [0.1, 0.15) is 18.8 Å². The van der Waals surface area contributed by atoms with E-state index in [1.54, 1.807) is 30.6 Å². The molecule has 2 aromatic rings. The molecule has 0 spiro atoms. The first-order valence-corrected chi connectivity index (χ1v) is 6.77. The molecule has 1 N–H and O–H groups in total. The quantitative estimate of drug-likeness (QED) is 0.858. The third-order valence-electron chi connectivity index (χ3n) is 2.73. The highest BCUT2D eigenvalue weighted by Gasteiger charge is 2.30. The molecule has 0 aliphatic carbocycles. The first-order valence-electron chi connectivity index (χ1n) is 5.95. The first kappa shape index (κ1) is 14.8. The minimum Gasteiger partial charge on any atom is -0.374 e. The molecule has 0 aliphatic heterocycles. The molecule has 0 saturated heterocycles. The molecule has 1 unspecified atom stereocenters. The van der Waals surface area contributed by atoms with Gasteiger partial charge in [-0.2, -0.15) is 13.2 Å². The summed E-state index contributed by atoms with van der Waals surface area (Å²) in [6, 6.07) is 6.18. The summed E-state index contributed by atoms with van der Waals surface area (Å²) in [7, 11) is 1.84. The largest absolute Gasteiger partial charge is 0.446 e. The fourth-order valence-electron chi connectivity index (χ4n) is 1.89. The van der Waals surface area contributed by atoms with Crippen LogP contribution in [-0.4, -0.2) is 15.1 Å². The van der Waals surface area contributed by atoms with Crippen LogP contribution < -0.4 is 5.32 Å². The number of aromatic nitrogens is 2. The molecular weight excluding hydrogens is 287 g/mol. The number of nitrogens with one attached hydrogen (secondary N) is 1. The van der Waals surface area contributed by atoms with Crippen molar-refractivity contribution in [2.24, 2.45) is 7.05 Å². The second-order valence-electron chi connectivity index (χ2n) is 4.31. The number of imidazole rings is 1. The molecular formula is C13H14F3N3S. The summed E-state index contributed by atoms with van der Waals surface area (Å²) in [5, 5.41) is 3.07. The fourth-order valence-corrected chi connectivity index (χ4v) is 2.52. The molecule has 20 heavy (non-hydrogen) atoms. The van der Waals surface area contributed by atoms with Crippen LogP contribution in [0.2, 0.25) is 0 Å². The summed E-state index contributed by atoms with van der Waals surface area (Å²) < 4.78 is 39.4. The summed E-state index contributed by atoms with van der Waals surface area (Å²) in [5.41, 5.74) is -3.85. The van der Waals surface area contributed by atoms with Crippen molar-refractivity contribution in [2.45, 2.75) is 23.4 Å². The van der Waals surface area contributed by atoms with E-state index in [0.29, 0.717) is 5.69 Å². The maximum Gasteiger partial charge on any atom is 0.446 e. The molecule has 0 saturated carbocycles. The topological polar surface area (TPSA) is 29.9 Å². The zero-order valence-corrected chi connectivity index (χ0v) is 11.8. The van der Waals surface area contributed by atoms with E-state index in [1.807, 2.05) is 18.5 Å². The standard InChI is InChI=1S/C13H14F3N3S/c1-9(12-17-7-8-19(12)2)18-10-5-3-4-6-11(10)20-13(14,15)16/h3-9,18H,1-2H3. The lowest BCUT2D eigenvalue weighted by Crippen LogP contribution is -2.12. The number of thioether (sulfide) groups is 1. The predicted octanol–water partition coefficient (Wildman–Crippen LogP) is 4.21. The molecule has 1 aromatic heterocycles. The van der Waals surface area contributed by atoms with Crippen molar-refractivity contribution in [3.8, 4) is 0 Å². The van der Waals surface area contributed by atoms with Crippen molar-refractivity contribution in [1.82, 2.24) is 9.55 Å². The van der Waals surface area contributed by atoms with E-state index < -0.39 is 5.51 Å². The van der Waals surface area contributed by atoms with Crippen LogP contribution in [0.4, 0.5) is 18.9 Å². The Morgan fingerprint density at radius 1 is 1.30 bits per heavy atom. The summed E-state index contributed by atoms with van der Waals surface area (Å²) in [4.78, 5) is 4.34. The van der Waals surface area contributed by atoms with Gasteiger partial charge in [-0.15, -0.1) is 0 Å². The number of rotatable bonds is 4. The van der Waals surface area contributed by atoms with E-state index in [9.17, 15) is 13.2 Å². The molecule has 0 aliphatic rings. The molecule has 0 radical (unpaired) electrons. The second-order valence-corrected chi connectivity index (χ2v) is 5.41. The van der Waals surface area contributed by atoms with Gasteiger partial charge < -0.3 is 9.88 Å². The Bertz CT molecular complexity index is 580. The zero-order valence-electron chi connectivity index (χ0n) is 11.0. The summed E-state index contributed by atoms with van der Waals surface area (Å²) >= 11 is -0.119. The normalized spacial score (nSPS) is 13.2. The number of anilines is 1.